The number of thiophene rings is 1. The largest absolute Gasteiger partial charge is 0.399 e. The molecule has 0 saturated heterocycles. The maximum Gasteiger partial charge on any atom is 0.0555 e. The van der Waals surface area contributed by atoms with Gasteiger partial charge >= 0.3 is 0 Å². The van der Waals surface area contributed by atoms with Gasteiger partial charge in [0.1, 0.15) is 0 Å². The third-order valence-electron chi connectivity index (χ3n) is 5.31. The number of nitrogen functional groups attached to an aromatic ring is 1. The lowest BCUT2D eigenvalue weighted by Crippen LogP contribution is -1.93. The highest BCUT2D eigenvalue weighted by Gasteiger charge is 2.17. The molecular weight excluding hydrogens is 348 g/mol. The van der Waals surface area contributed by atoms with Crippen LogP contribution in [0.25, 0.3) is 47.7 Å². The van der Waals surface area contributed by atoms with Crippen molar-refractivity contribution >= 4 is 59.0 Å². The van der Waals surface area contributed by atoms with Crippen LogP contribution in [0.15, 0.2) is 84.9 Å². The highest BCUT2D eigenvalue weighted by atomic mass is 32.1. The van der Waals surface area contributed by atoms with Gasteiger partial charge in [-0.3, -0.25) is 0 Å². The Balaban J connectivity index is 1.89. The van der Waals surface area contributed by atoms with Crippen molar-refractivity contribution in [3.8, 4) is 5.69 Å². The van der Waals surface area contributed by atoms with E-state index in [1.165, 1.54) is 47.7 Å². The minimum absolute atomic E-state index is 0.799. The molecule has 2 nitrogen and oxygen atoms in total. The van der Waals surface area contributed by atoms with Crippen LogP contribution in [-0.2, 0) is 0 Å². The van der Waals surface area contributed by atoms with Crippen LogP contribution in [0, 0.1) is 0 Å². The van der Waals surface area contributed by atoms with Crippen LogP contribution in [0.1, 0.15) is 0 Å². The molecule has 4 aromatic carbocycles. The summed E-state index contributed by atoms with van der Waals surface area (Å²) in [7, 11) is 0. The molecule has 0 aliphatic rings. The number of hydrogen-bond donors (Lipinski definition) is 1. The summed E-state index contributed by atoms with van der Waals surface area (Å²) in [4.78, 5) is 0. The van der Waals surface area contributed by atoms with E-state index in [2.05, 4.69) is 83.4 Å². The summed E-state index contributed by atoms with van der Waals surface area (Å²) >= 11 is 1.87. The molecule has 2 heterocycles. The second-order valence-electron chi connectivity index (χ2n) is 6.88. The Kier molecular flexibility index (Phi) is 2.94. The van der Waals surface area contributed by atoms with Crippen molar-refractivity contribution in [3.05, 3.63) is 84.9 Å². The van der Waals surface area contributed by atoms with Crippen LogP contribution in [0.2, 0.25) is 0 Å². The number of benzene rings is 4. The number of para-hydroxylation sites is 1. The molecule has 0 aliphatic heterocycles. The third kappa shape index (κ3) is 2.00. The fraction of sp³-hybridized carbons (Fsp3) is 0. The van der Waals surface area contributed by atoms with Gasteiger partial charge in [0.15, 0.2) is 0 Å². The SMILES string of the molecule is Nc1ccc2c(c1)c1c3sc4ccccc4c3ccc1n2-c1ccccc1. The van der Waals surface area contributed by atoms with Crippen LogP contribution in [-0.4, -0.2) is 4.57 Å². The number of nitrogens with two attached hydrogens (primary N) is 1. The van der Waals surface area contributed by atoms with E-state index in [0.717, 1.165) is 5.69 Å². The molecule has 128 valence electrons. The fourth-order valence-corrected chi connectivity index (χ4v) is 5.42. The maximum absolute atomic E-state index is 6.18. The summed E-state index contributed by atoms with van der Waals surface area (Å²) in [6.45, 7) is 0. The lowest BCUT2D eigenvalue weighted by Gasteiger charge is -2.07. The molecule has 0 radical (unpaired) electrons. The molecule has 2 aromatic heterocycles. The van der Waals surface area contributed by atoms with Gasteiger partial charge in [-0.15, -0.1) is 11.3 Å². The van der Waals surface area contributed by atoms with Gasteiger partial charge in [0, 0.05) is 42.3 Å². The first-order chi connectivity index (χ1) is 13.3. The Morgan fingerprint density at radius 3 is 2.33 bits per heavy atom. The Morgan fingerprint density at radius 1 is 0.667 bits per heavy atom. The molecule has 0 atom stereocenters. The summed E-state index contributed by atoms with van der Waals surface area (Å²) in [6.07, 6.45) is 0. The lowest BCUT2D eigenvalue weighted by atomic mass is 10.1. The fourth-order valence-electron chi connectivity index (χ4n) is 4.16. The average Bonchev–Trinajstić information content (AvgIpc) is 3.23. The van der Waals surface area contributed by atoms with Crippen molar-refractivity contribution in [2.75, 3.05) is 5.73 Å². The van der Waals surface area contributed by atoms with Gasteiger partial charge in [0.25, 0.3) is 0 Å². The summed E-state index contributed by atoms with van der Waals surface area (Å²) in [6, 6.07) is 29.9. The van der Waals surface area contributed by atoms with Gasteiger partial charge in [-0.05, 0) is 42.5 Å². The molecule has 0 aliphatic carbocycles. The molecule has 6 rings (SSSR count). The van der Waals surface area contributed by atoms with E-state index in [9.17, 15) is 0 Å². The molecule has 0 unspecified atom stereocenters. The predicted octanol–water partition coefficient (Wildman–Crippen LogP) is 6.73. The zero-order chi connectivity index (χ0) is 18.0. The van der Waals surface area contributed by atoms with Gasteiger partial charge in [-0.25, -0.2) is 0 Å². The van der Waals surface area contributed by atoms with E-state index in [0.29, 0.717) is 0 Å². The quantitative estimate of drug-likeness (QED) is 0.322. The summed E-state index contributed by atoms with van der Waals surface area (Å²) in [5, 5.41) is 5.15. The van der Waals surface area contributed by atoms with E-state index in [1.54, 1.807) is 0 Å². The highest BCUT2D eigenvalue weighted by Crippen LogP contribution is 2.43. The van der Waals surface area contributed by atoms with Crippen LogP contribution in [0.3, 0.4) is 0 Å². The molecular formula is C24H16N2S. The van der Waals surface area contributed by atoms with Crippen LogP contribution >= 0.6 is 11.3 Å². The number of nitrogens with zero attached hydrogens (tertiary/aromatic N) is 1. The van der Waals surface area contributed by atoms with Crippen molar-refractivity contribution < 1.29 is 0 Å². The van der Waals surface area contributed by atoms with E-state index in [1.807, 2.05) is 17.4 Å². The van der Waals surface area contributed by atoms with E-state index >= 15 is 0 Å². The first-order valence-corrected chi connectivity index (χ1v) is 9.82. The van der Waals surface area contributed by atoms with E-state index in [-0.39, 0.29) is 0 Å². The Morgan fingerprint density at radius 2 is 1.44 bits per heavy atom. The second kappa shape index (κ2) is 5.35. The van der Waals surface area contributed by atoms with Gasteiger partial charge in [-0.1, -0.05) is 42.5 Å². The summed E-state index contributed by atoms with van der Waals surface area (Å²) < 4.78 is 5.00. The van der Waals surface area contributed by atoms with Crippen molar-refractivity contribution in [2.24, 2.45) is 0 Å². The number of rotatable bonds is 1. The van der Waals surface area contributed by atoms with Crippen molar-refractivity contribution in [2.45, 2.75) is 0 Å². The van der Waals surface area contributed by atoms with Gasteiger partial charge in [0.2, 0.25) is 0 Å². The lowest BCUT2D eigenvalue weighted by molar-refractivity contribution is 1.18. The number of aromatic nitrogens is 1. The number of anilines is 1. The zero-order valence-corrected chi connectivity index (χ0v) is 15.3. The monoisotopic (exact) mass is 364 g/mol. The smallest absolute Gasteiger partial charge is 0.0555 e. The summed E-state index contributed by atoms with van der Waals surface area (Å²) in [5.41, 5.74) is 10.6. The van der Waals surface area contributed by atoms with Gasteiger partial charge in [-0.2, -0.15) is 0 Å². The third-order valence-corrected chi connectivity index (χ3v) is 6.52. The molecule has 0 amide bonds. The summed E-state index contributed by atoms with van der Waals surface area (Å²) in [5.74, 6) is 0. The minimum atomic E-state index is 0.799. The first-order valence-electron chi connectivity index (χ1n) is 9.00. The zero-order valence-electron chi connectivity index (χ0n) is 14.5. The van der Waals surface area contributed by atoms with Gasteiger partial charge < -0.3 is 10.3 Å². The van der Waals surface area contributed by atoms with E-state index < -0.39 is 0 Å². The topological polar surface area (TPSA) is 30.9 Å². The Hall–Kier alpha value is -3.30. The molecule has 2 N–H and O–H groups in total. The normalized spacial score (nSPS) is 11.9. The van der Waals surface area contributed by atoms with Crippen LogP contribution in [0.5, 0.6) is 0 Å². The van der Waals surface area contributed by atoms with Crippen molar-refractivity contribution in [1.82, 2.24) is 4.57 Å². The standard InChI is InChI=1S/C24H16N2S/c25-15-10-12-20-19(14-15)23-21(26(20)16-6-2-1-3-7-16)13-11-18-17-8-4-5-9-22(17)27-24(18)23/h1-14H,25H2. The second-order valence-corrected chi connectivity index (χ2v) is 7.93. The molecule has 0 fully saturated rings. The highest BCUT2D eigenvalue weighted by molar-refractivity contribution is 7.26. The number of fused-ring (bicyclic) bond motifs is 7. The Labute approximate surface area is 160 Å². The Bertz CT molecular complexity index is 1470. The molecule has 0 spiro atoms. The number of hydrogen-bond acceptors (Lipinski definition) is 2. The molecule has 3 heteroatoms. The average molecular weight is 364 g/mol. The first kappa shape index (κ1) is 14.8. The molecule has 0 saturated carbocycles. The van der Waals surface area contributed by atoms with Gasteiger partial charge in [0.05, 0.1) is 11.0 Å². The maximum atomic E-state index is 6.18. The predicted molar refractivity (Wildman–Crippen MR) is 118 cm³/mol. The minimum Gasteiger partial charge on any atom is -0.399 e. The van der Waals surface area contributed by atoms with E-state index in [4.69, 9.17) is 5.73 Å². The van der Waals surface area contributed by atoms with Crippen LogP contribution in [0.4, 0.5) is 5.69 Å². The molecule has 27 heavy (non-hydrogen) atoms. The molecule has 6 aromatic rings. The molecule has 0 bridgehead atoms. The van der Waals surface area contributed by atoms with Crippen molar-refractivity contribution in [3.63, 3.8) is 0 Å². The van der Waals surface area contributed by atoms with Crippen molar-refractivity contribution in [1.29, 1.82) is 0 Å². The van der Waals surface area contributed by atoms with Crippen LogP contribution < -0.4 is 5.73 Å².